The molecule has 0 amide bonds. The van der Waals surface area contributed by atoms with E-state index in [0.29, 0.717) is 5.15 Å². The molecule has 96 valence electrons. The van der Waals surface area contributed by atoms with Gasteiger partial charge in [-0.3, -0.25) is 0 Å². The van der Waals surface area contributed by atoms with Crippen LogP contribution in [0.1, 0.15) is 0 Å². The summed E-state index contributed by atoms with van der Waals surface area (Å²) in [5.74, 6) is 0. The lowest BCUT2D eigenvalue weighted by atomic mass is 9.98. The fourth-order valence-electron chi connectivity index (χ4n) is 2.70. The van der Waals surface area contributed by atoms with Crippen LogP contribution in [0.25, 0.3) is 32.4 Å². The third-order valence-corrected chi connectivity index (χ3v) is 3.95. The molecule has 20 heavy (non-hydrogen) atoms. The first-order chi connectivity index (χ1) is 9.75. The number of fused-ring (bicyclic) bond motifs is 6. The second-order valence-corrected chi connectivity index (χ2v) is 5.29. The summed E-state index contributed by atoms with van der Waals surface area (Å²) in [5, 5.41) is 5.77. The van der Waals surface area contributed by atoms with Gasteiger partial charge in [0, 0.05) is 10.8 Å². The van der Waals surface area contributed by atoms with E-state index >= 15 is 0 Å². The molecule has 0 atom stereocenters. The molecule has 2 nitrogen and oxygen atoms in total. The van der Waals surface area contributed by atoms with Crippen molar-refractivity contribution in [3.8, 4) is 0 Å². The van der Waals surface area contributed by atoms with E-state index in [1.54, 1.807) is 0 Å². The third kappa shape index (κ3) is 1.59. The van der Waals surface area contributed by atoms with Gasteiger partial charge in [0.05, 0.1) is 5.52 Å². The first-order valence-corrected chi connectivity index (χ1v) is 6.93. The summed E-state index contributed by atoms with van der Waals surface area (Å²) in [6.07, 6.45) is 0. The molecule has 4 rings (SSSR count). The van der Waals surface area contributed by atoms with Gasteiger partial charge < -0.3 is 0 Å². The van der Waals surface area contributed by atoms with Gasteiger partial charge in [-0.1, -0.05) is 60.1 Å². The van der Waals surface area contributed by atoms with Crippen LogP contribution in [0.2, 0.25) is 10.4 Å². The van der Waals surface area contributed by atoms with Gasteiger partial charge >= 0.3 is 0 Å². The van der Waals surface area contributed by atoms with Gasteiger partial charge in [0.2, 0.25) is 5.28 Å². The first-order valence-electron chi connectivity index (χ1n) is 6.18. The molecule has 0 N–H and O–H groups in total. The zero-order valence-corrected chi connectivity index (χ0v) is 11.8. The van der Waals surface area contributed by atoms with Crippen LogP contribution < -0.4 is 0 Å². The van der Waals surface area contributed by atoms with E-state index in [9.17, 15) is 0 Å². The van der Waals surface area contributed by atoms with Crippen LogP contribution >= 0.6 is 23.2 Å². The van der Waals surface area contributed by atoms with Crippen molar-refractivity contribution in [3.05, 3.63) is 59.0 Å². The highest BCUT2D eigenvalue weighted by atomic mass is 35.5. The highest BCUT2D eigenvalue weighted by Crippen LogP contribution is 2.36. The summed E-state index contributed by atoms with van der Waals surface area (Å²) in [4.78, 5) is 8.46. The highest BCUT2D eigenvalue weighted by molar-refractivity contribution is 6.40. The molecular weight excluding hydrogens is 291 g/mol. The monoisotopic (exact) mass is 298 g/mol. The van der Waals surface area contributed by atoms with Crippen molar-refractivity contribution in [2.75, 3.05) is 0 Å². The normalized spacial score (nSPS) is 11.5. The van der Waals surface area contributed by atoms with Gasteiger partial charge in [-0.25, -0.2) is 9.97 Å². The number of halogens is 2. The minimum Gasteiger partial charge on any atom is -0.217 e. The summed E-state index contributed by atoms with van der Waals surface area (Å²) >= 11 is 12.3. The summed E-state index contributed by atoms with van der Waals surface area (Å²) in [6.45, 7) is 0. The van der Waals surface area contributed by atoms with Crippen LogP contribution in [-0.4, -0.2) is 9.97 Å². The van der Waals surface area contributed by atoms with Crippen LogP contribution in [0.5, 0.6) is 0 Å². The van der Waals surface area contributed by atoms with Gasteiger partial charge in [-0.2, -0.15) is 0 Å². The molecule has 1 heterocycles. The number of hydrogen-bond acceptors (Lipinski definition) is 2. The predicted molar refractivity (Wildman–Crippen MR) is 84.6 cm³/mol. The summed E-state index contributed by atoms with van der Waals surface area (Å²) in [7, 11) is 0. The van der Waals surface area contributed by atoms with Crippen molar-refractivity contribution in [1.29, 1.82) is 0 Å². The number of rotatable bonds is 0. The van der Waals surface area contributed by atoms with E-state index in [4.69, 9.17) is 23.2 Å². The molecule has 0 aliphatic rings. The van der Waals surface area contributed by atoms with Gasteiger partial charge in [-0.15, -0.1) is 0 Å². The lowest BCUT2D eigenvalue weighted by Crippen LogP contribution is -1.90. The second-order valence-electron chi connectivity index (χ2n) is 4.60. The summed E-state index contributed by atoms with van der Waals surface area (Å²) in [6, 6.07) is 16.2. The molecule has 0 bridgehead atoms. The van der Waals surface area contributed by atoms with Crippen LogP contribution in [-0.2, 0) is 0 Å². The highest BCUT2D eigenvalue weighted by Gasteiger charge is 2.13. The molecule has 3 aromatic carbocycles. The Morgan fingerprint density at radius 3 is 1.90 bits per heavy atom. The molecule has 0 aliphatic carbocycles. The number of nitrogens with zero attached hydrogens (tertiary/aromatic N) is 2. The minimum absolute atomic E-state index is 0.169. The van der Waals surface area contributed by atoms with E-state index in [2.05, 4.69) is 22.1 Å². The van der Waals surface area contributed by atoms with Crippen molar-refractivity contribution < 1.29 is 0 Å². The van der Waals surface area contributed by atoms with Crippen LogP contribution in [0.3, 0.4) is 0 Å². The van der Waals surface area contributed by atoms with Gasteiger partial charge in [0.15, 0.2) is 0 Å². The molecule has 0 saturated heterocycles. The molecule has 4 heteroatoms. The van der Waals surface area contributed by atoms with E-state index in [0.717, 1.165) is 32.4 Å². The first kappa shape index (κ1) is 11.9. The Bertz CT molecular complexity index is 980. The second kappa shape index (κ2) is 4.30. The standard InChI is InChI=1S/C16H8Cl2N2/c17-15-13-11-7-3-1-5-9(11)10-6-2-4-8-12(10)14(13)19-16(18)20-15/h1-8H. The molecule has 4 aromatic rings. The van der Waals surface area contributed by atoms with Crippen molar-refractivity contribution in [2.45, 2.75) is 0 Å². The Hall–Kier alpha value is -1.90. The largest absolute Gasteiger partial charge is 0.224 e. The Morgan fingerprint density at radius 1 is 0.650 bits per heavy atom. The van der Waals surface area contributed by atoms with Crippen molar-refractivity contribution in [3.63, 3.8) is 0 Å². The zero-order valence-electron chi connectivity index (χ0n) is 10.3. The molecule has 0 radical (unpaired) electrons. The maximum atomic E-state index is 6.31. The molecular formula is C16H8Cl2N2. The molecule has 0 saturated carbocycles. The lowest BCUT2D eigenvalue weighted by Gasteiger charge is -2.10. The molecule has 0 unspecified atom stereocenters. The van der Waals surface area contributed by atoms with Crippen molar-refractivity contribution >= 4 is 55.6 Å². The summed E-state index contributed by atoms with van der Waals surface area (Å²) < 4.78 is 0. The van der Waals surface area contributed by atoms with Crippen molar-refractivity contribution in [1.82, 2.24) is 9.97 Å². The molecule has 1 aromatic heterocycles. The van der Waals surface area contributed by atoms with Crippen LogP contribution in [0, 0.1) is 0 Å². The molecule has 0 aliphatic heterocycles. The average molecular weight is 299 g/mol. The van der Waals surface area contributed by atoms with Crippen LogP contribution in [0.4, 0.5) is 0 Å². The Kier molecular flexibility index (Phi) is 2.56. The number of hydrogen-bond donors (Lipinski definition) is 0. The SMILES string of the molecule is Clc1nc(Cl)c2c3ccccc3c3ccccc3c2n1. The van der Waals surface area contributed by atoms with Crippen LogP contribution in [0.15, 0.2) is 48.5 Å². The Labute approximate surface area is 125 Å². The topological polar surface area (TPSA) is 25.8 Å². The van der Waals surface area contributed by atoms with Gasteiger partial charge in [0.1, 0.15) is 5.15 Å². The molecule has 0 spiro atoms. The summed E-state index contributed by atoms with van der Waals surface area (Å²) in [5.41, 5.74) is 0.796. The zero-order chi connectivity index (χ0) is 13.7. The fourth-order valence-corrected chi connectivity index (χ4v) is 3.19. The van der Waals surface area contributed by atoms with Crippen molar-refractivity contribution in [2.24, 2.45) is 0 Å². The third-order valence-electron chi connectivity index (χ3n) is 3.51. The number of benzene rings is 3. The minimum atomic E-state index is 0.169. The van der Waals surface area contributed by atoms with E-state index in [-0.39, 0.29) is 5.28 Å². The fraction of sp³-hybridized carbons (Fsp3) is 0. The average Bonchev–Trinajstić information content (AvgIpc) is 2.47. The smallest absolute Gasteiger partial charge is 0.217 e. The van der Waals surface area contributed by atoms with E-state index in [1.165, 1.54) is 0 Å². The Balaban J connectivity index is 2.46. The maximum absolute atomic E-state index is 6.31. The lowest BCUT2D eigenvalue weighted by molar-refractivity contribution is 1.23. The maximum Gasteiger partial charge on any atom is 0.224 e. The molecule has 0 fully saturated rings. The van der Waals surface area contributed by atoms with E-state index in [1.807, 2.05) is 36.4 Å². The Morgan fingerprint density at radius 2 is 1.20 bits per heavy atom. The van der Waals surface area contributed by atoms with E-state index < -0.39 is 0 Å². The van der Waals surface area contributed by atoms with Gasteiger partial charge in [0.25, 0.3) is 0 Å². The number of aromatic nitrogens is 2. The van der Waals surface area contributed by atoms with Gasteiger partial charge in [-0.05, 0) is 27.8 Å². The quantitative estimate of drug-likeness (QED) is 0.252. The predicted octanol–water partition coefficient (Wildman–Crippen LogP) is 5.24.